The Hall–Kier alpha value is -1.87. The second-order valence-corrected chi connectivity index (χ2v) is 4.83. The molecular formula is C15H14ClNO2. The third-order valence-electron chi connectivity index (χ3n) is 3.14. The Morgan fingerprint density at radius 2 is 2.11 bits per heavy atom. The fraction of sp³-hybridized carbons (Fsp3) is 0.200. The molecule has 0 amide bonds. The number of hydrogen-bond donors (Lipinski definition) is 1. The molecule has 0 aliphatic carbocycles. The average molecular weight is 276 g/mol. The summed E-state index contributed by atoms with van der Waals surface area (Å²) in [5.41, 5.74) is 2.59. The summed E-state index contributed by atoms with van der Waals surface area (Å²) in [5.74, 6) is -1.44. The second-order valence-electron chi connectivity index (χ2n) is 4.42. The minimum absolute atomic E-state index is 0.363. The van der Waals surface area contributed by atoms with E-state index in [1.165, 1.54) is 6.20 Å². The number of benzene rings is 1. The predicted octanol–water partition coefficient (Wildman–Crippen LogP) is 3.45. The number of hydrogen-bond acceptors (Lipinski definition) is 2. The standard InChI is InChI=1S/C15H14ClNO2/c1-10-4-2-3-5-12(10)13(15(18)19)8-11-6-7-17-9-14(11)16/h2-7,9,13H,8H2,1H3,(H,18,19). The Bertz CT molecular complexity index is 598. The molecule has 0 bridgehead atoms. The fourth-order valence-corrected chi connectivity index (χ4v) is 2.29. The summed E-state index contributed by atoms with van der Waals surface area (Å²) in [4.78, 5) is 15.4. The summed E-state index contributed by atoms with van der Waals surface area (Å²) in [6.45, 7) is 1.92. The Labute approximate surface area is 116 Å². The minimum atomic E-state index is -0.845. The van der Waals surface area contributed by atoms with Crippen LogP contribution in [0.1, 0.15) is 22.6 Å². The van der Waals surface area contributed by atoms with E-state index in [1.54, 1.807) is 12.3 Å². The number of aliphatic carboxylic acids is 1. The smallest absolute Gasteiger partial charge is 0.311 e. The van der Waals surface area contributed by atoms with Crippen molar-refractivity contribution >= 4 is 17.6 Å². The topological polar surface area (TPSA) is 50.2 Å². The molecule has 19 heavy (non-hydrogen) atoms. The largest absolute Gasteiger partial charge is 0.481 e. The molecule has 3 nitrogen and oxygen atoms in total. The van der Waals surface area contributed by atoms with Gasteiger partial charge in [0.1, 0.15) is 0 Å². The van der Waals surface area contributed by atoms with Crippen molar-refractivity contribution in [3.8, 4) is 0 Å². The highest BCUT2D eigenvalue weighted by Crippen LogP contribution is 2.27. The highest BCUT2D eigenvalue weighted by molar-refractivity contribution is 6.31. The van der Waals surface area contributed by atoms with Crippen LogP contribution in [0.25, 0.3) is 0 Å². The van der Waals surface area contributed by atoms with Crippen LogP contribution in [-0.2, 0) is 11.2 Å². The van der Waals surface area contributed by atoms with Crippen LogP contribution in [0, 0.1) is 6.92 Å². The van der Waals surface area contributed by atoms with E-state index in [-0.39, 0.29) is 0 Å². The molecule has 0 radical (unpaired) electrons. The maximum absolute atomic E-state index is 11.5. The van der Waals surface area contributed by atoms with Gasteiger partial charge < -0.3 is 5.11 Å². The highest BCUT2D eigenvalue weighted by atomic mass is 35.5. The molecule has 0 aliphatic heterocycles. The lowest BCUT2D eigenvalue weighted by atomic mass is 9.89. The molecule has 98 valence electrons. The van der Waals surface area contributed by atoms with Gasteiger partial charge in [-0.1, -0.05) is 35.9 Å². The first-order chi connectivity index (χ1) is 9.09. The van der Waals surface area contributed by atoms with Gasteiger partial charge in [-0.25, -0.2) is 0 Å². The van der Waals surface area contributed by atoms with Crippen molar-refractivity contribution in [1.82, 2.24) is 4.98 Å². The van der Waals surface area contributed by atoms with Gasteiger partial charge in [0, 0.05) is 12.4 Å². The number of nitrogens with zero attached hydrogens (tertiary/aromatic N) is 1. The van der Waals surface area contributed by atoms with E-state index in [2.05, 4.69) is 4.98 Å². The molecule has 0 saturated carbocycles. The highest BCUT2D eigenvalue weighted by Gasteiger charge is 2.22. The number of aryl methyl sites for hydroxylation is 1. The Balaban J connectivity index is 2.35. The van der Waals surface area contributed by atoms with Gasteiger partial charge in [0.25, 0.3) is 0 Å². The number of halogens is 1. The molecule has 1 aromatic carbocycles. The van der Waals surface area contributed by atoms with Crippen LogP contribution in [-0.4, -0.2) is 16.1 Å². The summed E-state index contributed by atoms with van der Waals surface area (Å²) < 4.78 is 0. The molecule has 0 aliphatic rings. The Morgan fingerprint density at radius 3 is 2.74 bits per heavy atom. The van der Waals surface area contributed by atoms with Crippen molar-refractivity contribution in [2.75, 3.05) is 0 Å². The molecule has 1 N–H and O–H groups in total. The summed E-state index contributed by atoms with van der Waals surface area (Å²) in [5, 5.41) is 9.95. The van der Waals surface area contributed by atoms with E-state index in [4.69, 9.17) is 11.6 Å². The van der Waals surface area contributed by atoms with E-state index in [1.807, 2.05) is 31.2 Å². The van der Waals surface area contributed by atoms with Crippen LogP contribution < -0.4 is 0 Å². The van der Waals surface area contributed by atoms with Gasteiger partial charge in [-0.15, -0.1) is 0 Å². The molecule has 1 unspecified atom stereocenters. The number of carboxylic acid groups (broad SMARTS) is 1. The summed E-state index contributed by atoms with van der Waals surface area (Å²) in [6, 6.07) is 9.28. The van der Waals surface area contributed by atoms with Gasteiger partial charge in [-0.3, -0.25) is 9.78 Å². The van der Waals surface area contributed by atoms with Crippen molar-refractivity contribution in [3.05, 3.63) is 64.4 Å². The summed E-state index contributed by atoms with van der Waals surface area (Å²) >= 11 is 6.04. The molecule has 4 heteroatoms. The van der Waals surface area contributed by atoms with Gasteiger partial charge >= 0.3 is 5.97 Å². The molecule has 1 heterocycles. The molecule has 1 aromatic heterocycles. The molecule has 1 atom stereocenters. The first-order valence-electron chi connectivity index (χ1n) is 5.96. The van der Waals surface area contributed by atoms with Crippen LogP contribution in [0.2, 0.25) is 5.02 Å². The summed E-state index contributed by atoms with van der Waals surface area (Å²) in [6.07, 6.45) is 3.52. The number of carbonyl (C=O) groups is 1. The zero-order chi connectivity index (χ0) is 13.8. The predicted molar refractivity (Wildman–Crippen MR) is 74.5 cm³/mol. The lowest BCUT2D eigenvalue weighted by molar-refractivity contribution is -0.138. The number of carboxylic acids is 1. The Morgan fingerprint density at radius 1 is 1.37 bits per heavy atom. The SMILES string of the molecule is Cc1ccccc1C(Cc1ccncc1Cl)C(=O)O. The molecule has 0 saturated heterocycles. The van der Waals surface area contributed by atoms with Crippen LogP contribution in [0.4, 0.5) is 0 Å². The van der Waals surface area contributed by atoms with Gasteiger partial charge in [-0.2, -0.15) is 0 Å². The van der Waals surface area contributed by atoms with Crippen LogP contribution >= 0.6 is 11.6 Å². The first kappa shape index (κ1) is 13.6. The minimum Gasteiger partial charge on any atom is -0.481 e. The third-order valence-corrected chi connectivity index (χ3v) is 3.48. The monoisotopic (exact) mass is 275 g/mol. The zero-order valence-corrected chi connectivity index (χ0v) is 11.3. The van der Waals surface area contributed by atoms with Crippen LogP contribution in [0.15, 0.2) is 42.7 Å². The van der Waals surface area contributed by atoms with E-state index in [0.717, 1.165) is 16.7 Å². The van der Waals surface area contributed by atoms with Gasteiger partial charge in [0.2, 0.25) is 0 Å². The van der Waals surface area contributed by atoms with E-state index in [9.17, 15) is 9.90 Å². The van der Waals surface area contributed by atoms with Crippen molar-refractivity contribution in [3.63, 3.8) is 0 Å². The Kier molecular flexibility index (Phi) is 4.17. The lowest BCUT2D eigenvalue weighted by Gasteiger charge is -2.15. The van der Waals surface area contributed by atoms with Crippen LogP contribution in [0.3, 0.4) is 0 Å². The van der Waals surface area contributed by atoms with Gasteiger partial charge in [0.15, 0.2) is 0 Å². The first-order valence-corrected chi connectivity index (χ1v) is 6.34. The van der Waals surface area contributed by atoms with Gasteiger partial charge in [-0.05, 0) is 36.1 Å². The number of rotatable bonds is 4. The fourth-order valence-electron chi connectivity index (χ4n) is 2.10. The van der Waals surface area contributed by atoms with Crippen molar-refractivity contribution < 1.29 is 9.90 Å². The average Bonchev–Trinajstić information content (AvgIpc) is 2.38. The summed E-state index contributed by atoms with van der Waals surface area (Å²) in [7, 11) is 0. The zero-order valence-electron chi connectivity index (χ0n) is 10.5. The lowest BCUT2D eigenvalue weighted by Crippen LogP contribution is -2.15. The molecule has 2 rings (SSSR count). The maximum atomic E-state index is 11.5. The number of aromatic nitrogens is 1. The van der Waals surface area contributed by atoms with E-state index in [0.29, 0.717) is 11.4 Å². The van der Waals surface area contributed by atoms with Crippen LogP contribution in [0.5, 0.6) is 0 Å². The van der Waals surface area contributed by atoms with Gasteiger partial charge in [0.05, 0.1) is 10.9 Å². The van der Waals surface area contributed by atoms with E-state index < -0.39 is 11.9 Å². The van der Waals surface area contributed by atoms with Crippen molar-refractivity contribution in [1.29, 1.82) is 0 Å². The van der Waals surface area contributed by atoms with Crippen molar-refractivity contribution in [2.24, 2.45) is 0 Å². The second kappa shape index (κ2) is 5.85. The number of pyridine rings is 1. The van der Waals surface area contributed by atoms with Crippen molar-refractivity contribution in [2.45, 2.75) is 19.3 Å². The molecule has 2 aromatic rings. The molecule has 0 fully saturated rings. The normalized spacial score (nSPS) is 12.1. The quantitative estimate of drug-likeness (QED) is 0.930. The third kappa shape index (κ3) is 3.12. The maximum Gasteiger partial charge on any atom is 0.311 e. The van der Waals surface area contributed by atoms with E-state index >= 15 is 0 Å². The molecular weight excluding hydrogens is 262 g/mol. The molecule has 0 spiro atoms.